The number of carboxylic acid groups (broad SMARTS) is 1. The second-order valence-electron chi connectivity index (χ2n) is 0.238. The molecular weight excluding hydrogens is 79.5 g/mol. The lowest BCUT2D eigenvalue weighted by atomic mass is 11.6. The molecule has 3 heteroatoms. The van der Waals surface area contributed by atoms with E-state index in [9.17, 15) is 0 Å². The minimum atomic E-state index is -1.11. The molecule has 0 saturated carbocycles. The molecule has 0 fully saturated rings. The van der Waals surface area contributed by atoms with Gasteiger partial charge in [0.25, 0.3) is 1.43 Å². The van der Waals surface area contributed by atoms with Crippen molar-refractivity contribution in [2.45, 2.75) is 0 Å². The Kier molecular flexibility index (Phi) is 0.568. The number of hydrogen-bond donors (Lipinski definition) is 1. The Labute approximate surface area is 29.5 Å². The Morgan fingerprint density at radius 2 is 2.75 bits per heavy atom. The van der Waals surface area contributed by atoms with E-state index in [0.717, 1.165) is 0 Å². The van der Waals surface area contributed by atoms with Gasteiger partial charge in [0.05, 0.1) is 0 Å². The van der Waals surface area contributed by atoms with E-state index in [1.807, 2.05) is 0 Å². The normalized spacial score (nSPS) is 8.75. The molecule has 0 aromatic heterocycles. The monoisotopic (exact) mass is 81.0 g/mol. The Hall–Kier alpha value is -0.240. The first-order chi connectivity index (χ1) is 2.27. The molecule has 0 radical (unpaired) electrons. The average Bonchev–Trinajstić information content (AvgIpc) is 1.38. The van der Waals surface area contributed by atoms with E-state index in [0.29, 0.717) is 0 Å². The zero-order valence-corrected chi connectivity index (χ0v) is 2.45. The zero-order valence-electron chi connectivity index (χ0n) is 2.69. The summed E-state index contributed by atoms with van der Waals surface area (Å²) in [5.41, 5.74) is -1.11. The number of rotatable bonds is 0. The van der Waals surface area contributed by atoms with E-state index >= 15 is 0 Å². The quantitative estimate of drug-likeness (QED) is 0.440. The van der Waals surface area contributed by atoms with E-state index in [-0.39, 0.29) is 0 Å². The lowest BCUT2D eigenvalue weighted by molar-refractivity contribution is 0.220. The molecule has 4 heavy (non-hydrogen) atoms. The summed E-state index contributed by atoms with van der Waals surface area (Å²) in [6, 6.07) is 0. The average molecular weight is 81.5 g/mol. The number of hydrogen-bond acceptors (Lipinski definition) is 2. The van der Waals surface area contributed by atoms with E-state index in [1.165, 1.54) is 0 Å². The summed E-state index contributed by atoms with van der Waals surface area (Å²) < 4.78 is 5.68. The first kappa shape index (κ1) is 2.03. The van der Waals surface area contributed by atoms with Crippen molar-refractivity contribution in [1.82, 2.24) is 0 Å². The summed E-state index contributed by atoms with van der Waals surface area (Å²) in [6.07, 6.45) is 0. The van der Waals surface area contributed by atoms with Gasteiger partial charge in [-0.15, -0.1) is 0 Å². The molecule has 0 amide bonds. The largest absolute Gasteiger partial charge is 0.469 e. The third kappa shape index (κ3) is 17.6. The van der Waals surface area contributed by atoms with Crippen LogP contribution in [-0.2, 0) is 0 Å². The second-order valence-corrected chi connectivity index (χ2v) is 0.546. The van der Waals surface area contributed by atoms with Gasteiger partial charge in [-0.25, -0.2) is 4.79 Å². The maximum absolute atomic E-state index is 9.17. The van der Waals surface area contributed by atoms with Crippen LogP contribution in [-0.4, -0.2) is 10.5 Å². The van der Waals surface area contributed by atoms with Gasteiger partial charge in [-0.05, 0) is 0 Å². The van der Waals surface area contributed by atoms with Gasteiger partial charge in [-0.2, -0.15) is 0 Å². The molecule has 0 rings (SSSR count). The van der Waals surface area contributed by atoms with Gasteiger partial charge >= 0.3 is 5.43 Å². The first-order valence-corrected chi connectivity index (χ1v) is 0.975. The van der Waals surface area contributed by atoms with Gasteiger partial charge in [0.15, 0.2) is 0 Å². The lowest BCUT2D eigenvalue weighted by Crippen LogP contribution is -1.66. The van der Waals surface area contributed by atoms with Gasteiger partial charge in [0.2, 0.25) is 0 Å². The van der Waals surface area contributed by atoms with Crippen LogP contribution in [0.25, 0.3) is 1.43 Å². The standard InChI is InChI=1S/CHClO2/c2-1(3)4/h(H,3,4)/i/hD. The number of halogens is 1. The number of carbonyl (C=O) groups is 1. The third-order valence-corrected chi connectivity index (χ3v) is 0. The van der Waals surface area contributed by atoms with Crippen LogP contribution in [0.1, 0.15) is 0 Å². The van der Waals surface area contributed by atoms with E-state index in [2.05, 4.69) is 16.7 Å². The highest BCUT2D eigenvalue weighted by atomic mass is 35.5. The molecule has 0 aromatic rings. The van der Waals surface area contributed by atoms with Crippen LogP contribution in [0.5, 0.6) is 0 Å². The minimum absolute atomic E-state index is 1.11. The third-order valence-electron chi connectivity index (χ3n) is 0. The SMILES string of the molecule is [2H]OC(=O)Cl. The summed E-state index contributed by atoms with van der Waals surface area (Å²) in [6.45, 7) is 0. The van der Waals surface area contributed by atoms with Crippen LogP contribution in [0, 0.1) is 0 Å². The molecule has 0 atom stereocenters. The summed E-state index contributed by atoms with van der Waals surface area (Å²) in [7, 11) is 0. The van der Waals surface area contributed by atoms with Crippen LogP contribution in [0.4, 0.5) is 4.79 Å². The Balaban J connectivity index is 2.85. The maximum atomic E-state index is 9.17. The van der Waals surface area contributed by atoms with Crippen LogP contribution < -0.4 is 0 Å². The Bertz CT molecular complexity index is 44.9. The van der Waals surface area contributed by atoms with Crippen molar-refractivity contribution in [1.29, 1.82) is 1.43 Å². The summed E-state index contributed by atoms with van der Waals surface area (Å²) in [4.78, 5) is 9.17. The molecule has 2 nitrogen and oxygen atoms in total. The summed E-state index contributed by atoms with van der Waals surface area (Å²) in [5.74, 6) is 0. The lowest BCUT2D eigenvalue weighted by Gasteiger charge is -1.55. The van der Waals surface area contributed by atoms with Gasteiger partial charge < -0.3 is 5.11 Å². The van der Waals surface area contributed by atoms with Gasteiger partial charge in [-0.1, -0.05) is 0 Å². The van der Waals surface area contributed by atoms with Crippen LogP contribution in [0.3, 0.4) is 0 Å². The van der Waals surface area contributed by atoms with Crippen molar-refractivity contribution in [3.8, 4) is 0 Å². The molecule has 0 aliphatic carbocycles. The fourth-order valence-electron chi connectivity index (χ4n) is 0. The van der Waals surface area contributed by atoms with E-state index in [4.69, 9.17) is 6.23 Å². The molecule has 0 aliphatic heterocycles. The maximum Gasteiger partial charge on any atom is 0.401 e. The van der Waals surface area contributed by atoms with E-state index < -0.39 is 5.43 Å². The fraction of sp³-hybridized carbons (Fsp3) is 0. The van der Waals surface area contributed by atoms with Crippen LogP contribution in [0.2, 0.25) is 0 Å². The smallest absolute Gasteiger partial charge is 0.401 e. The van der Waals surface area contributed by atoms with Crippen LogP contribution in [0.15, 0.2) is 0 Å². The highest BCUT2D eigenvalue weighted by Crippen LogP contribution is 1.67. The summed E-state index contributed by atoms with van der Waals surface area (Å²) in [5, 5.41) is 3.13. The molecule has 0 spiro atoms. The molecule has 0 aliphatic rings. The predicted molar refractivity (Wildman–Crippen MR) is 13.9 cm³/mol. The minimum Gasteiger partial charge on any atom is -0.469 e. The molecular formula is CHClO2. The molecule has 24 valence electrons. The van der Waals surface area contributed by atoms with Crippen molar-refractivity contribution in [2.24, 2.45) is 0 Å². The Morgan fingerprint density at radius 3 is 2.75 bits per heavy atom. The summed E-state index contributed by atoms with van der Waals surface area (Å²) >= 11 is 4.41. The first-order valence-electron chi connectivity index (χ1n) is 1.01. The highest BCUT2D eigenvalue weighted by Gasteiger charge is 1.71. The van der Waals surface area contributed by atoms with Gasteiger partial charge in [-0.3, -0.25) is 0 Å². The molecule has 0 aromatic carbocycles. The molecule has 0 unspecified atom stereocenters. The molecule has 0 bridgehead atoms. The van der Waals surface area contributed by atoms with Crippen molar-refractivity contribution in [3.63, 3.8) is 0 Å². The van der Waals surface area contributed by atoms with E-state index in [1.54, 1.807) is 0 Å². The fourth-order valence-corrected chi connectivity index (χ4v) is 0. The topological polar surface area (TPSA) is 37.3 Å². The highest BCUT2D eigenvalue weighted by molar-refractivity contribution is 6.60. The second kappa shape index (κ2) is 1.12. The molecule has 1 N–H and O–H groups in total. The van der Waals surface area contributed by atoms with Gasteiger partial charge in [0.1, 0.15) is 0 Å². The van der Waals surface area contributed by atoms with Crippen molar-refractivity contribution in [2.75, 3.05) is 0 Å². The van der Waals surface area contributed by atoms with Crippen molar-refractivity contribution in [3.05, 3.63) is 0 Å². The van der Waals surface area contributed by atoms with Crippen molar-refractivity contribution >= 4 is 17.0 Å². The van der Waals surface area contributed by atoms with Gasteiger partial charge in [0, 0.05) is 11.6 Å². The van der Waals surface area contributed by atoms with Crippen molar-refractivity contribution < 1.29 is 9.90 Å². The zero-order chi connectivity index (χ0) is 4.28. The van der Waals surface area contributed by atoms with Crippen LogP contribution >= 0.6 is 11.6 Å². The predicted octanol–water partition coefficient (Wildman–Crippen LogP) is 0.903. The Morgan fingerprint density at radius 1 is 2.50 bits per heavy atom. The molecule has 0 saturated heterocycles. The molecule has 0 heterocycles.